The van der Waals surface area contributed by atoms with Crippen LogP contribution in [0, 0.1) is 5.92 Å². The minimum Gasteiger partial charge on any atom is -0.308 e. The molecular weight excluding hydrogens is 354 g/mol. The molecule has 1 N–H and O–H groups in total. The van der Waals surface area contributed by atoms with Gasteiger partial charge in [-0.25, -0.2) is 0 Å². The summed E-state index contributed by atoms with van der Waals surface area (Å²) >= 11 is 0. The van der Waals surface area contributed by atoms with Gasteiger partial charge in [0.05, 0.1) is 0 Å². The van der Waals surface area contributed by atoms with Crippen molar-refractivity contribution in [3.63, 3.8) is 0 Å². The molecule has 4 heterocycles. The molecule has 0 radical (unpaired) electrons. The first-order valence-corrected chi connectivity index (χ1v) is 10.9. The zero-order valence-corrected chi connectivity index (χ0v) is 16.8. The van der Waals surface area contributed by atoms with Crippen LogP contribution in [-0.4, -0.2) is 35.1 Å². The highest BCUT2D eigenvalue weighted by atomic mass is 15.2. The minimum atomic E-state index is 0.357. The Kier molecular flexibility index (Phi) is 5.42. The van der Waals surface area contributed by atoms with Crippen molar-refractivity contribution in [2.75, 3.05) is 13.1 Å². The van der Waals surface area contributed by atoms with E-state index in [0.29, 0.717) is 18.0 Å². The smallest absolute Gasteiger partial charge is 0.0361 e. The summed E-state index contributed by atoms with van der Waals surface area (Å²) in [6, 6.07) is 27.2. The van der Waals surface area contributed by atoms with Crippen molar-refractivity contribution < 1.29 is 0 Å². The van der Waals surface area contributed by atoms with E-state index >= 15 is 0 Å². The standard InChI is InChI=1S/C26H29N3/c1-3-7-20(8-4-1)19-28-25-23-13-17-29(18-14-23)26(25)24(21-9-5-2-6-10-21)22-11-15-27-16-12-22/h1-12,15-16,23-26,28H,13-14,17-19H2. The van der Waals surface area contributed by atoms with Crippen LogP contribution in [0.5, 0.6) is 0 Å². The Morgan fingerprint density at radius 3 is 2.14 bits per heavy atom. The van der Waals surface area contributed by atoms with E-state index in [1.165, 1.54) is 42.6 Å². The van der Waals surface area contributed by atoms with Crippen LogP contribution in [0.3, 0.4) is 0 Å². The van der Waals surface area contributed by atoms with Crippen LogP contribution < -0.4 is 5.32 Å². The Balaban J connectivity index is 1.50. The third-order valence-corrected chi connectivity index (χ3v) is 6.82. The van der Waals surface area contributed by atoms with Gasteiger partial charge in [0.15, 0.2) is 0 Å². The van der Waals surface area contributed by atoms with E-state index in [1.807, 2.05) is 12.4 Å². The largest absolute Gasteiger partial charge is 0.308 e. The molecule has 3 aromatic rings. The maximum Gasteiger partial charge on any atom is 0.0361 e. The van der Waals surface area contributed by atoms with Crippen molar-refractivity contribution in [3.8, 4) is 0 Å². The molecule has 1 aromatic heterocycles. The Morgan fingerprint density at radius 1 is 0.828 bits per heavy atom. The van der Waals surface area contributed by atoms with Crippen molar-refractivity contribution in [1.82, 2.24) is 15.2 Å². The second-order valence-electron chi connectivity index (χ2n) is 8.43. The Labute approximate surface area is 173 Å². The highest BCUT2D eigenvalue weighted by Crippen LogP contribution is 2.42. The molecular formula is C26H29N3. The Hall–Kier alpha value is -2.49. The second kappa shape index (κ2) is 8.48. The molecule has 2 bridgehead atoms. The molecule has 3 heteroatoms. The first-order valence-electron chi connectivity index (χ1n) is 10.9. The number of aromatic nitrogens is 1. The van der Waals surface area contributed by atoms with Gasteiger partial charge in [-0.2, -0.15) is 0 Å². The van der Waals surface area contributed by atoms with E-state index in [1.54, 1.807) is 0 Å². The number of pyridine rings is 1. The molecule has 0 spiro atoms. The molecule has 3 saturated heterocycles. The summed E-state index contributed by atoms with van der Waals surface area (Å²) in [6.07, 6.45) is 6.49. The van der Waals surface area contributed by atoms with Gasteiger partial charge in [-0.15, -0.1) is 0 Å². The SMILES string of the molecule is c1ccc(CNC2C3CCN(CC3)C2C(c2ccccc2)c2ccncc2)cc1. The minimum absolute atomic E-state index is 0.357. The molecule has 29 heavy (non-hydrogen) atoms. The lowest BCUT2D eigenvalue weighted by Crippen LogP contribution is -2.64. The number of fused-ring (bicyclic) bond motifs is 3. The van der Waals surface area contributed by atoms with E-state index in [2.05, 4.69) is 88.0 Å². The maximum atomic E-state index is 4.28. The van der Waals surface area contributed by atoms with E-state index in [9.17, 15) is 0 Å². The first kappa shape index (κ1) is 18.5. The van der Waals surface area contributed by atoms with Crippen LogP contribution in [0.15, 0.2) is 85.2 Å². The average Bonchev–Trinajstić information content (AvgIpc) is 2.81. The van der Waals surface area contributed by atoms with Crippen LogP contribution in [0.1, 0.15) is 35.4 Å². The van der Waals surface area contributed by atoms with Gasteiger partial charge in [-0.1, -0.05) is 60.7 Å². The predicted molar refractivity (Wildman–Crippen MR) is 118 cm³/mol. The number of benzene rings is 2. The van der Waals surface area contributed by atoms with Gasteiger partial charge in [-0.05, 0) is 60.7 Å². The summed E-state index contributed by atoms with van der Waals surface area (Å²) < 4.78 is 0. The monoisotopic (exact) mass is 383 g/mol. The summed E-state index contributed by atoms with van der Waals surface area (Å²) in [4.78, 5) is 7.02. The van der Waals surface area contributed by atoms with Gasteiger partial charge in [0.2, 0.25) is 0 Å². The normalized spacial score (nSPS) is 26.9. The number of hydrogen-bond acceptors (Lipinski definition) is 3. The number of nitrogens with zero attached hydrogens (tertiary/aromatic N) is 2. The average molecular weight is 384 g/mol. The lowest BCUT2D eigenvalue weighted by molar-refractivity contribution is 0.00467. The van der Waals surface area contributed by atoms with E-state index in [4.69, 9.17) is 0 Å². The summed E-state index contributed by atoms with van der Waals surface area (Å²) in [7, 11) is 0. The third-order valence-electron chi connectivity index (χ3n) is 6.82. The molecule has 2 aromatic carbocycles. The van der Waals surface area contributed by atoms with Gasteiger partial charge >= 0.3 is 0 Å². The van der Waals surface area contributed by atoms with Gasteiger partial charge in [0.1, 0.15) is 0 Å². The zero-order chi connectivity index (χ0) is 19.5. The topological polar surface area (TPSA) is 28.2 Å². The third kappa shape index (κ3) is 3.85. The van der Waals surface area contributed by atoms with Crippen molar-refractivity contribution in [2.24, 2.45) is 5.92 Å². The fourth-order valence-electron chi connectivity index (χ4n) is 5.44. The molecule has 3 nitrogen and oxygen atoms in total. The number of piperidine rings is 3. The first-order chi connectivity index (χ1) is 14.4. The molecule has 3 aliphatic rings. The molecule has 3 fully saturated rings. The molecule has 0 saturated carbocycles. The van der Waals surface area contributed by atoms with Gasteiger partial charge in [0.25, 0.3) is 0 Å². The lowest BCUT2D eigenvalue weighted by atomic mass is 9.70. The van der Waals surface area contributed by atoms with Crippen molar-refractivity contribution in [1.29, 1.82) is 0 Å². The van der Waals surface area contributed by atoms with Gasteiger partial charge < -0.3 is 5.32 Å². The summed E-state index contributed by atoms with van der Waals surface area (Å²) in [5.41, 5.74) is 4.14. The highest BCUT2D eigenvalue weighted by molar-refractivity contribution is 5.35. The molecule has 148 valence electrons. The van der Waals surface area contributed by atoms with Crippen LogP contribution in [0.2, 0.25) is 0 Å². The van der Waals surface area contributed by atoms with Crippen LogP contribution in [0.25, 0.3) is 0 Å². The molecule has 0 aliphatic carbocycles. The molecule has 3 atom stereocenters. The van der Waals surface area contributed by atoms with Crippen molar-refractivity contribution in [3.05, 3.63) is 102 Å². The second-order valence-corrected chi connectivity index (χ2v) is 8.43. The fraction of sp³-hybridized carbons (Fsp3) is 0.346. The molecule has 6 rings (SSSR count). The predicted octanol–water partition coefficient (Wildman–Crippen LogP) is 4.47. The molecule has 0 amide bonds. The maximum absolute atomic E-state index is 4.28. The van der Waals surface area contributed by atoms with Gasteiger partial charge in [0, 0.05) is 36.9 Å². The fourth-order valence-corrected chi connectivity index (χ4v) is 5.44. The summed E-state index contributed by atoms with van der Waals surface area (Å²) in [5.74, 6) is 1.11. The number of nitrogens with one attached hydrogen (secondary N) is 1. The Bertz CT molecular complexity index is 850. The zero-order valence-electron chi connectivity index (χ0n) is 16.8. The van der Waals surface area contributed by atoms with Gasteiger partial charge in [-0.3, -0.25) is 9.88 Å². The highest BCUT2D eigenvalue weighted by Gasteiger charge is 2.46. The van der Waals surface area contributed by atoms with Crippen LogP contribution in [-0.2, 0) is 6.54 Å². The number of hydrogen-bond donors (Lipinski definition) is 1. The van der Waals surface area contributed by atoms with E-state index in [0.717, 1.165) is 12.5 Å². The summed E-state index contributed by atoms with van der Waals surface area (Å²) in [6.45, 7) is 3.37. The van der Waals surface area contributed by atoms with Crippen molar-refractivity contribution in [2.45, 2.75) is 37.4 Å². The molecule has 3 aliphatic heterocycles. The van der Waals surface area contributed by atoms with Crippen LogP contribution in [0.4, 0.5) is 0 Å². The summed E-state index contributed by atoms with van der Waals surface area (Å²) in [5, 5.41) is 3.98. The number of rotatable bonds is 6. The van der Waals surface area contributed by atoms with E-state index < -0.39 is 0 Å². The van der Waals surface area contributed by atoms with Crippen LogP contribution >= 0.6 is 0 Å². The lowest BCUT2D eigenvalue weighted by Gasteiger charge is -2.54. The molecule has 3 unspecified atom stereocenters. The van der Waals surface area contributed by atoms with Crippen molar-refractivity contribution >= 4 is 0 Å². The quantitative estimate of drug-likeness (QED) is 0.681. The van der Waals surface area contributed by atoms with E-state index in [-0.39, 0.29) is 0 Å². The Morgan fingerprint density at radius 2 is 1.45 bits per heavy atom.